The number of carbonyl (C=O) groups excluding carboxylic acids is 1. The van der Waals surface area contributed by atoms with Crippen LogP contribution in [0.25, 0.3) is 0 Å². The lowest BCUT2D eigenvalue weighted by molar-refractivity contribution is -0.146. The Morgan fingerprint density at radius 3 is 2.39 bits per heavy atom. The summed E-state index contributed by atoms with van der Waals surface area (Å²) in [5.41, 5.74) is 1.88. The summed E-state index contributed by atoms with van der Waals surface area (Å²) < 4.78 is 0. The van der Waals surface area contributed by atoms with E-state index in [1.807, 2.05) is 12.1 Å². The molecule has 2 saturated carbocycles. The van der Waals surface area contributed by atoms with Crippen LogP contribution in [0.5, 0.6) is 0 Å². The van der Waals surface area contributed by atoms with Crippen LogP contribution in [0.15, 0.2) is 24.3 Å². The highest BCUT2D eigenvalue weighted by Crippen LogP contribution is 2.41. The summed E-state index contributed by atoms with van der Waals surface area (Å²) in [5.74, 6) is -0.941. The molecule has 0 saturated heterocycles. The van der Waals surface area contributed by atoms with E-state index in [1.54, 1.807) is 0 Å². The van der Waals surface area contributed by atoms with Crippen LogP contribution in [0, 0.1) is 12.8 Å². The molecule has 0 aromatic heterocycles. The Morgan fingerprint density at radius 1 is 1.13 bits per heavy atom. The molecule has 2 aliphatic carbocycles. The number of carboxylic acid groups (broad SMARTS) is 1. The number of aryl methyl sites for hydroxylation is 1. The second kappa shape index (κ2) is 6.34. The van der Waals surface area contributed by atoms with Gasteiger partial charge in [-0.15, -0.1) is 0 Å². The maximum absolute atomic E-state index is 13.1. The molecule has 1 amide bonds. The Bertz CT molecular complexity index is 598. The van der Waals surface area contributed by atoms with Gasteiger partial charge in [-0.2, -0.15) is 0 Å². The summed E-state index contributed by atoms with van der Waals surface area (Å²) in [5, 5.41) is 12.1. The van der Waals surface area contributed by atoms with Crippen molar-refractivity contribution in [2.45, 2.75) is 63.3 Å². The van der Waals surface area contributed by atoms with Gasteiger partial charge in [0.25, 0.3) is 0 Å². The molecule has 0 atom stereocenters. The van der Waals surface area contributed by atoms with Crippen molar-refractivity contribution in [2.75, 3.05) is 0 Å². The van der Waals surface area contributed by atoms with Crippen LogP contribution in [-0.4, -0.2) is 23.0 Å². The number of aliphatic carboxylic acids is 1. The summed E-state index contributed by atoms with van der Waals surface area (Å²) in [6, 6.07) is 8.20. The van der Waals surface area contributed by atoms with Gasteiger partial charge >= 0.3 is 5.97 Å². The Labute approximate surface area is 137 Å². The van der Waals surface area contributed by atoms with Crippen LogP contribution in [0.2, 0.25) is 0 Å². The highest BCUT2D eigenvalue weighted by Gasteiger charge is 2.44. The SMILES string of the molecule is Cc1ccccc1C1(C(=O)NC2CC(C(=O)O)C2)CCCCC1. The fourth-order valence-corrected chi connectivity index (χ4v) is 4.14. The summed E-state index contributed by atoms with van der Waals surface area (Å²) in [6.45, 7) is 2.07. The molecular formula is C19H25NO3. The standard InChI is InChI=1S/C19H25NO3/c1-13-7-3-4-8-16(13)19(9-5-2-6-10-19)18(23)20-15-11-14(12-15)17(21)22/h3-4,7-8,14-15H,2,5-6,9-12H2,1H3,(H,20,23)(H,21,22). The first-order valence-corrected chi connectivity index (χ1v) is 8.63. The molecule has 3 rings (SSSR count). The molecule has 0 aliphatic heterocycles. The van der Waals surface area contributed by atoms with E-state index in [9.17, 15) is 9.59 Å². The lowest BCUT2D eigenvalue weighted by atomic mass is 9.67. The van der Waals surface area contributed by atoms with Gasteiger partial charge in [-0.3, -0.25) is 9.59 Å². The molecule has 0 heterocycles. The maximum atomic E-state index is 13.1. The van der Waals surface area contributed by atoms with Crippen molar-refractivity contribution >= 4 is 11.9 Å². The first-order valence-electron chi connectivity index (χ1n) is 8.63. The maximum Gasteiger partial charge on any atom is 0.306 e. The van der Waals surface area contributed by atoms with E-state index in [4.69, 9.17) is 5.11 Å². The molecule has 2 N–H and O–H groups in total. The lowest BCUT2D eigenvalue weighted by Gasteiger charge is -2.41. The van der Waals surface area contributed by atoms with Crippen molar-refractivity contribution in [1.29, 1.82) is 0 Å². The van der Waals surface area contributed by atoms with Gasteiger partial charge in [-0.05, 0) is 43.7 Å². The summed E-state index contributed by atoms with van der Waals surface area (Å²) in [4.78, 5) is 24.0. The predicted octanol–water partition coefficient (Wildman–Crippen LogP) is 3.18. The first kappa shape index (κ1) is 16.0. The molecule has 0 bridgehead atoms. The summed E-state index contributed by atoms with van der Waals surface area (Å²) in [6.07, 6.45) is 6.23. The number of carbonyl (C=O) groups is 2. The average Bonchev–Trinajstić information content (AvgIpc) is 2.51. The summed E-state index contributed by atoms with van der Waals surface area (Å²) >= 11 is 0. The van der Waals surface area contributed by atoms with Gasteiger partial charge in [0.15, 0.2) is 0 Å². The minimum Gasteiger partial charge on any atom is -0.481 e. The number of hydrogen-bond donors (Lipinski definition) is 2. The van der Waals surface area contributed by atoms with E-state index in [-0.39, 0.29) is 17.9 Å². The number of carboxylic acids is 1. The van der Waals surface area contributed by atoms with Gasteiger partial charge in [0, 0.05) is 6.04 Å². The molecule has 0 unspecified atom stereocenters. The number of amides is 1. The van der Waals surface area contributed by atoms with Gasteiger partial charge in [-0.25, -0.2) is 0 Å². The highest BCUT2D eigenvalue weighted by atomic mass is 16.4. The Morgan fingerprint density at radius 2 is 1.78 bits per heavy atom. The van der Waals surface area contributed by atoms with E-state index in [0.29, 0.717) is 12.8 Å². The predicted molar refractivity (Wildman–Crippen MR) is 88.2 cm³/mol. The van der Waals surface area contributed by atoms with Crippen molar-refractivity contribution in [1.82, 2.24) is 5.32 Å². The molecule has 23 heavy (non-hydrogen) atoms. The zero-order valence-electron chi connectivity index (χ0n) is 13.7. The monoisotopic (exact) mass is 315 g/mol. The van der Waals surface area contributed by atoms with Gasteiger partial charge in [0.05, 0.1) is 11.3 Å². The molecule has 1 aromatic carbocycles. The van der Waals surface area contributed by atoms with Gasteiger partial charge in [0.1, 0.15) is 0 Å². The van der Waals surface area contributed by atoms with Crippen molar-refractivity contribution < 1.29 is 14.7 Å². The molecule has 4 heteroatoms. The number of hydrogen-bond acceptors (Lipinski definition) is 2. The summed E-state index contributed by atoms with van der Waals surface area (Å²) in [7, 11) is 0. The molecule has 0 radical (unpaired) electrons. The smallest absolute Gasteiger partial charge is 0.306 e. The molecule has 2 aliphatic rings. The second-order valence-corrected chi connectivity index (χ2v) is 7.13. The van der Waals surface area contributed by atoms with Crippen LogP contribution >= 0.6 is 0 Å². The van der Waals surface area contributed by atoms with E-state index in [2.05, 4.69) is 24.4 Å². The van der Waals surface area contributed by atoms with Crippen LogP contribution in [-0.2, 0) is 15.0 Å². The largest absolute Gasteiger partial charge is 0.481 e. The normalized spacial score (nSPS) is 26.1. The van der Waals surface area contributed by atoms with Gasteiger partial charge in [0.2, 0.25) is 5.91 Å². The van der Waals surface area contributed by atoms with Gasteiger partial charge < -0.3 is 10.4 Å². The minimum absolute atomic E-state index is 0.0198. The number of benzene rings is 1. The zero-order chi connectivity index (χ0) is 16.4. The highest BCUT2D eigenvalue weighted by molar-refractivity contribution is 5.89. The fraction of sp³-hybridized carbons (Fsp3) is 0.579. The third-order valence-electron chi connectivity index (χ3n) is 5.62. The Hall–Kier alpha value is -1.84. The number of nitrogens with one attached hydrogen (secondary N) is 1. The minimum atomic E-state index is -0.748. The van der Waals surface area contributed by atoms with E-state index in [0.717, 1.165) is 31.2 Å². The first-order chi connectivity index (χ1) is 11.0. The molecule has 2 fully saturated rings. The molecule has 1 aromatic rings. The Balaban J connectivity index is 1.78. The van der Waals surface area contributed by atoms with Crippen molar-refractivity contribution in [3.8, 4) is 0 Å². The van der Waals surface area contributed by atoms with E-state index < -0.39 is 11.4 Å². The second-order valence-electron chi connectivity index (χ2n) is 7.13. The van der Waals surface area contributed by atoms with Crippen molar-refractivity contribution in [3.05, 3.63) is 35.4 Å². The van der Waals surface area contributed by atoms with Crippen LogP contribution < -0.4 is 5.32 Å². The zero-order valence-corrected chi connectivity index (χ0v) is 13.7. The molecular weight excluding hydrogens is 290 g/mol. The topological polar surface area (TPSA) is 66.4 Å². The fourth-order valence-electron chi connectivity index (χ4n) is 4.14. The van der Waals surface area contributed by atoms with Crippen LogP contribution in [0.4, 0.5) is 0 Å². The average molecular weight is 315 g/mol. The van der Waals surface area contributed by atoms with Crippen molar-refractivity contribution in [2.24, 2.45) is 5.92 Å². The quantitative estimate of drug-likeness (QED) is 0.897. The van der Waals surface area contributed by atoms with Crippen LogP contribution in [0.1, 0.15) is 56.1 Å². The molecule has 4 nitrogen and oxygen atoms in total. The third kappa shape index (κ3) is 2.99. The van der Waals surface area contributed by atoms with E-state index >= 15 is 0 Å². The lowest BCUT2D eigenvalue weighted by Crippen LogP contribution is -2.54. The third-order valence-corrected chi connectivity index (χ3v) is 5.62. The van der Waals surface area contributed by atoms with E-state index in [1.165, 1.54) is 12.0 Å². The van der Waals surface area contributed by atoms with Gasteiger partial charge in [-0.1, -0.05) is 43.5 Å². The molecule has 0 spiro atoms. The van der Waals surface area contributed by atoms with Crippen LogP contribution in [0.3, 0.4) is 0 Å². The van der Waals surface area contributed by atoms with Crippen molar-refractivity contribution in [3.63, 3.8) is 0 Å². The Kier molecular flexibility index (Phi) is 4.42. The number of rotatable bonds is 4. The molecule has 124 valence electrons.